The Hall–Kier alpha value is -3.41. The predicted octanol–water partition coefficient (Wildman–Crippen LogP) is 17.2. The topological polar surface area (TPSA) is 78.9 Å². The molecule has 0 amide bonds. The zero-order valence-electron chi connectivity index (χ0n) is 41.1. The van der Waals surface area contributed by atoms with Crippen LogP contribution in [0.1, 0.15) is 239 Å². The van der Waals surface area contributed by atoms with Gasteiger partial charge in [-0.25, -0.2) is 0 Å². The van der Waals surface area contributed by atoms with Crippen LogP contribution in [0.15, 0.2) is 85.1 Å². The molecular formula is C57H96O6. The summed E-state index contributed by atoms with van der Waals surface area (Å²) < 4.78 is 16.7. The summed E-state index contributed by atoms with van der Waals surface area (Å²) in [5.74, 6) is -0.985. The quantitative estimate of drug-likeness (QED) is 0.0262. The maximum absolute atomic E-state index is 12.8. The van der Waals surface area contributed by atoms with Crippen molar-refractivity contribution in [1.29, 1.82) is 0 Å². The average molecular weight is 877 g/mol. The van der Waals surface area contributed by atoms with Crippen molar-refractivity contribution in [2.75, 3.05) is 13.2 Å². The minimum Gasteiger partial charge on any atom is -0.462 e. The van der Waals surface area contributed by atoms with Crippen LogP contribution in [0, 0.1) is 0 Å². The molecule has 1 atom stereocenters. The minimum atomic E-state index is -0.811. The van der Waals surface area contributed by atoms with Crippen LogP contribution in [0.3, 0.4) is 0 Å². The molecular weight excluding hydrogens is 781 g/mol. The molecule has 0 aromatic rings. The average Bonchev–Trinajstić information content (AvgIpc) is 3.28. The maximum atomic E-state index is 12.8. The number of unbranched alkanes of at least 4 members (excludes halogenated alkanes) is 21. The molecule has 0 aliphatic rings. The summed E-state index contributed by atoms with van der Waals surface area (Å²) in [6.07, 6.45) is 65.7. The molecule has 0 saturated carbocycles. The number of carbonyl (C=O) groups is 3. The van der Waals surface area contributed by atoms with E-state index >= 15 is 0 Å². The van der Waals surface area contributed by atoms with Gasteiger partial charge < -0.3 is 14.2 Å². The molecule has 0 unspecified atom stereocenters. The molecule has 63 heavy (non-hydrogen) atoms. The van der Waals surface area contributed by atoms with Gasteiger partial charge in [0.05, 0.1) is 0 Å². The van der Waals surface area contributed by atoms with E-state index in [1.807, 2.05) is 0 Å². The van der Waals surface area contributed by atoms with E-state index in [0.29, 0.717) is 19.3 Å². The number of carbonyl (C=O) groups excluding carboxylic acids is 3. The third-order valence-corrected chi connectivity index (χ3v) is 10.9. The number of rotatable bonds is 46. The Bertz CT molecular complexity index is 1240. The molecule has 0 aliphatic carbocycles. The lowest BCUT2D eigenvalue weighted by molar-refractivity contribution is -0.167. The fraction of sp³-hybridized carbons (Fsp3) is 0.702. The van der Waals surface area contributed by atoms with Gasteiger partial charge in [0.15, 0.2) is 6.10 Å². The molecule has 0 N–H and O–H groups in total. The first kappa shape index (κ1) is 59.6. The van der Waals surface area contributed by atoms with E-state index in [-0.39, 0.29) is 37.5 Å². The van der Waals surface area contributed by atoms with Crippen molar-refractivity contribution in [3.63, 3.8) is 0 Å². The normalized spacial score (nSPS) is 12.7. The fourth-order valence-corrected chi connectivity index (χ4v) is 6.97. The number of allylic oxidation sites excluding steroid dienone is 14. The van der Waals surface area contributed by atoms with Gasteiger partial charge in [-0.1, -0.05) is 209 Å². The van der Waals surface area contributed by atoms with E-state index < -0.39 is 6.10 Å². The van der Waals surface area contributed by atoms with Crippen LogP contribution in [0.4, 0.5) is 0 Å². The summed E-state index contributed by atoms with van der Waals surface area (Å²) in [4.78, 5) is 38.0. The van der Waals surface area contributed by atoms with E-state index in [0.717, 1.165) is 89.9 Å². The monoisotopic (exact) mass is 877 g/mol. The lowest BCUT2D eigenvalue weighted by Crippen LogP contribution is -2.30. The summed E-state index contributed by atoms with van der Waals surface area (Å²) in [6, 6.07) is 0. The van der Waals surface area contributed by atoms with Gasteiger partial charge in [-0.2, -0.15) is 0 Å². The van der Waals surface area contributed by atoms with Gasteiger partial charge in [-0.05, 0) is 96.3 Å². The lowest BCUT2D eigenvalue weighted by Gasteiger charge is -2.18. The van der Waals surface area contributed by atoms with Crippen molar-refractivity contribution >= 4 is 17.9 Å². The Morgan fingerprint density at radius 1 is 0.333 bits per heavy atom. The molecule has 0 bridgehead atoms. The fourth-order valence-electron chi connectivity index (χ4n) is 6.97. The molecule has 6 nitrogen and oxygen atoms in total. The highest BCUT2D eigenvalue weighted by atomic mass is 16.6. The number of esters is 3. The molecule has 0 heterocycles. The predicted molar refractivity (Wildman–Crippen MR) is 270 cm³/mol. The molecule has 0 fully saturated rings. The van der Waals surface area contributed by atoms with Gasteiger partial charge in [-0.3, -0.25) is 14.4 Å². The van der Waals surface area contributed by atoms with Crippen molar-refractivity contribution < 1.29 is 28.6 Å². The minimum absolute atomic E-state index is 0.104. The van der Waals surface area contributed by atoms with Crippen molar-refractivity contribution in [1.82, 2.24) is 0 Å². The van der Waals surface area contributed by atoms with Gasteiger partial charge in [0.25, 0.3) is 0 Å². The molecule has 360 valence electrons. The first-order valence-corrected chi connectivity index (χ1v) is 26.1. The standard InChI is InChI=1S/C57H96O6/c1-4-7-10-13-16-19-22-25-28-31-34-37-40-43-46-49-55(58)61-52-54(63-57(60)51-48-45-42-39-36-33-30-27-24-21-18-15-12-9-6-3)53-62-56(59)50-47-44-41-38-35-32-29-26-23-20-17-14-11-8-5-2/h7,10,16,18-19,21,25,27-28,30,34,36-37,39,54H,4-6,8-9,11-15,17,20,22-24,26,29,31-33,35,38,40-53H2,1-3H3/b10-7-,19-16-,21-18-,28-25-,30-27-,37-34-,39-36-/t54-/m0/s1. The third kappa shape index (κ3) is 49.5. The first-order chi connectivity index (χ1) is 31.0. The lowest BCUT2D eigenvalue weighted by atomic mass is 10.0. The van der Waals surface area contributed by atoms with Crippen LogP contribution in [0.5, 0.6) is 0 Å². The molecule has 0 radical (unpaired) electrons. The summed E-state index contributed by atoms with van der Waals surface area (Å²) in [6.45, 7) is 6.43. The third-order valence-electron chi connectivity index (χ3n) is 10.9. The van der Waals surface area contributed by atoms with Gasteiger partial charge in [-0.15, -0.1) is 0 Å². The number of ether oxygens (including phenoxy) is 3. The Morgan fingerprint density at radius 3 is 1.00 bits per heavy atom. The second-order valence-corrected chi connectivity index (χ2v) is 17.1. The van der Waals surface area contributed by atoms with E-state index in [9.17, 15) is 14.4 Å². The van der Waals surface area contributed by atoms with Crippen LogP contribution < -0.4 is 0 Å². The van der Waals surface area contributed by atoms with E-state index in [1.54, 1.807) is 0 Å². The van der Waals surface area contributed by atoms with Crippen LogP contribution in [0.2, 0.25) is 0 Å². The van der Waals surface area contributed by atoms with E-state index in [2.05, 4.69) is 106 Å². The summed E-state index contributed by atoms with van der Waals surface area (Å²) >= 11 is 0. The molecule has 0 spiro atoms. The summed E-state index contributed by atoms with van der Waals surface area (Å²) in [5.41, 5.74) is 0. The van der Waals surface area contributed by atoms with E-state index in [4.69, 9.17) is 14.2 Å². The summed E-state index contributed by atoms with van der Waals surface area (Å²) in [5, 5.41) is 0. The highest BCUT2D eigenvalue weighted by Gasteiger charge is 2.19. The highest BCUT2D eigenvalue weighted by molar-refractivity contribution is 5.71. The van der Waals surface area contributed by atoms with Crippen molar-refractivity contribution in [2.24, 2.45) is 0 Å². The number of hydrogen-bond acceptors (Lipinski definition) is 6. The van der Waals surface area contributed by atoms with Crippen LogP contribution in [-0.4, -0.2) is 37.2 Å². The van der Waals surface area contributed by atoms with Gasteiger partial charge in [0, 0.05) is 19.3 Å². The highest BCUT2D eigenvalue weighted by Crippen LogP contribution is 2.15. The molecule has 0 aliphatic heterocycles. The second-order valence-electron chi connectivity index (χ2n) is 17.1. The molecule has 0 rings (SSSR count). The molecule has 6 heteroatoms. The first-order valence-electron chi connectivity index (χ1n) is 26.1. The Morgan fingerprint density at radius 2 is 0.619 bits per heavy atom. The SMILES string of the molecule is CC/C=C\C/C=C\C/C=C\C/C=C\CCCCC(=O)OC[C@@H](COC(=O)CCCCCCCCCCCCCCCCC)OC(=O)CCCC/C=C\C/C=C\C/C=C\CCCCC. The van der Waals surface area contributed by atoms with Crippen LogP contribution in [-0.2, 0) is 28.6 Å². The van der Waals surface area contributed by atoms with E-state index in [1.165, 1.54) is 103 Å². The molecule has 0 aromatic carbocycles. The van der Waals surface area contributed by atoms with Crippen LogP contribution >= 0.6 is 0 Å². The Labute approximate surface area is 388 Å². The summed E-state index contributed by atoms with van der Waals surface area (Å²) in [7, 11) is 0. The molecule has 0 saturated heterocycles. The zero-order valence-corrected chi connectivity index (χ0v) is 41.1. The maximum Gasteiger partial charge on any atom is 0.306 e. The Balaban J connectivity index is 4.51. The van der Waals surface area contributed by atoms with Gasteiger partial charge >= 0.3 is 17.9 Å². The second kappa shape index (κ2) is 51.2. The van der Waals surface area contributed by atoms with Gasteiger partial charge in [0.2, 0.25) is 0 Å². The largest absolute Gasteiger partial charge is 0.462 e. The van der Waals surface area contributed by atoms with Crippen molar-refractivity contribution in [3.05, 3.63) is 85.1 Å². The smallest absolute Gasteiger partial charge is 0.306 e. The number of hydrogen-bond donors (Lipinski definition) is 0. The van der Waals surface area contributed by atoms with Crippen molar-refractivity contribution in [3.8, 4) is 0 Å². The Kier molecular flexibility index (Phi) is 48.5. The van der Waals surface area contributed by atoms with Gasteiger partial charge in [0.1, 0.15) is 13.2 Å². The molecule has 0 aromatic heterocycles. The van der Waals surface area contributed by atoms with Crippen LogP contribution in [0.25, 0.3) is 0 Å². The zero-order chi connectivity index (χ0) is 45.8. The van der Waals surface area contributed by atoms with Crippen molar-refractivity contribution in [2.45, 2.75) is 245 Å².